The highest BCUT2D eigenvalue weighted by atomic mass is 16.6. The van der Waals surface area contributed by atoms with Gasteiger partial charge in [-0.2, -0.15) is 0 Å². The summed E-state index contributed by atoms with van der Waals surface area (Å²) < 4.78 is 16.4. The summed E-state index contributed by atoms with van der Waals surface area (Å²) in [5, 5.41) is 3.93. The molecule has 0 radical (unpaired) electrons. The van der Waals surface area contributed by atoms with Crippen molar-refractivity contribution in [2.45, 2.75) is 19.6 Å². The number of anilines is 1. The molecule has 1 aliphatic rings. The van der Waals surface area contributed by atoms with Gasteiger partial charge in [0.2, 0.25) is 12.0 Å². The molecule has 0 aliphatic carbocycles. The first-order chi connectivity index (χ1) is 13.6. The first-order valence-corrected chi connectivity index (χ1v) is 8.83. The molecule has 3 aromatic rings. The lowest BCUT2D eigenvalue weighted by Gasteiger charge is -2.33. The zero-order valence-electron chi connectivity index (χ0n) is 15.2. The van der Waals surface area contributed by atoms with Crippen molar-refractivity contribution in [2.24, 2.45) is 0 Å². The molecular weight excluding hydrogens is 360 g/mol. The van der Waals surface area contributed by atoms with Gasteiger partial charge in [0.1, 0.15) is 18.1 Å². The number of esters is 1. The number of fused-ring (bicyclic) bond motifs is 1. The van der Waals surface area contributed by atoms with Crippen molar-refractivity contribution in [1.29, 1.82) is 0 Å². The summed E-state index contributed by atoms with van der Waals surface area (Å²) in [5.41, 5.74) is 2.02. The average molecular weight is 378 g/mol. The van der Waals surface area contributed by atoms with E-state index in [0.717, 1.165) is 5.56 Å². The molecule has 7 heteroatoms. The van der Waals surface area contributed by atoms with Crippen LogP contribution in [0.15, 0.2) is 65.2 Å². The standard InChI is InChI=1S/C21H18N2O5/c1-14(24)23-12-20(27-18-10-6-5-9-17(18)23)21(25)26-13-16-11-19(28-22-16)15-7-3-2-4-8-15/h2-11,20H,12-13H2,1H3. The Labute approximate surface area is 161 Å². The third-order valence-corrected chi connectivity index (χ3v) is 4.40. The maximum atomic E-state index is 12.5. The summed E-state index contributed by atoms with van der Waals surface area (Å²) in [6, 6.07) is 18.3. The summed E-state index contributed by atoms with van der Waals surface area (Å²) in [6.45, 7) is 1.50. The molecule has 4 rings (SSSR count). The molecule has 1 aromatic heterocycles. The van der Waals surface area contributed by atoms with Crippen LogP contribution < -0.4 is 9.64 Å². The van der Waals surface area contributed by atoms with E-state index >= 15 is 0 Å². The van der Waals surface area contributed by atoms with Gasteiger partial charge in [-0.1, -0.05) is 47.6 Å². The fourth-order valence-corrected chi connectivity index (χ4v) is 3.01. The summed E-state index contributed by atoms with van der Waals surface area (Å²) >= 11 is 0. The molecule has 142 valence electrons. The van der Waals surface area contributed by atoms with Crippen LogP contribution in [-0.2, 0) is 20.9 Å². The van der Waals surface area contributed by atoms with Gasteiger partial charge in [-0.3, -0.25) is 4.79 Å². The molecule has 1 amide bonds. The van der Waals surface area contributed by atoms with Crippen LogP contribution in [0.3, 0.4) is 0 Å². The molecule has 1 unspecified atom stereocenters. The Bertz CT molecular complexity index is 999. The van der Waals surface area contributed by atoms with E-state index in [9.17, 15) is 9.59 Å². The summed E-state index contributed by atoms with van der Waals surface area (Å²) in [6.07, 6.45) is -0.903. The number of hydrogen-bond acceptors (Lipinski definition) is 6. The molecule has 1 aliphatic heterocycles. The Hall–Kier alpha value is -3.61. The Kier molecular flexibility index (Phi) is 4.80. The van der Waals surface area contributed by atoms with Crippen LogP contribution in [0.25, 0.3) is 11.3 Å². The van der Waals surface area contributed by atoms with E-state index in [1.807, 2.05) is 36.4 Å². The van der Waals surface area contributed by atoms with Crippen LogP contribution >= 0.6 is 0 Å². The van der Waals surface area contributed by atoms with Crippen molar-refractivity contribution >= 4 is 17.6 Å². The normalized spacial score (nSPS) is 15.5. The number of benzene rings is 2. The van der Waals surface area contributed by atoms with Gasteiger partial charge < -0.3 is 18.9 Å². The van der Waals surface area contributed by atoms with E-state index in [-0.39, 0.29) is 19.1 Å². The topological polar surface area (TPSA) is 81.9 Å². The van der Waals surface area contributed by atoms with Crippen molar-refractivity contribution in [1.82, 2.24) is 5.16 Å². The number of amides is 1. The van der Waals surface area contributed by atoms with Gasteiger partial charge in [-0.25, -0.2) is 4.79 Å². The van der Waals surface area contributed by atoms with E-state index in [1.54, 1.807) is 24.3 Å². The Morgan fingerprint density at radius 3 is 2.68 bits per heavy atom. The van der Waals surface area contributed by atoms with E-state index in [2.05, 4.69) is 5.16 Å². The number of para-hydroxylation sites is 2. The van der Waals surface area contributed by atoms with Crippen LogP contribution in [0.5, 0.6) is 5.75 Å². The van der Waals surface area contributed by atoms with Crippen molar-refractivity contribution in [3.8, 4) is 17.1 Å². The maximum absolute atomic E-state index is 12.5. The fraction of sp³-hybridized carbons (Fsp3) is 0.190. The number of nitrogens with zero attached hydrogens (tertiary/aromatic N) is 2. The monoisotopic (exact) mass is 378 g/mol. The van der Waals surface area contributed by atoms with Crippen molar-refractivity contribution in [3.63, 3.8) is 0 Å². The van der Waals surface area contributed by atoms with Gasteiger partial charge in [0, 0.05) is 18.6 Å². The van der Waals surface area contributed by atoms with E-state index in [0.29, 0.717) is 22.9 Å². The average Bonchev–Trinajstić information content (AvgIpc) is 3.21. The zero-order chi connectivity index (χ0) is 19.5. The Morgan fingerprint density at radius 2 is 1.89 bits per heavy atom. The number of ether oxygens (including phenoxy) is 2. The predicted molar refractivity (Wildman–Crippen MR) is 101 cm³/mol. The third kappa shape index (κ3) is 3.59. The minimum Gasteiger partial charge on any atom is -0.475 e. The number of hydrogen-bond donors (Lipinski definition) is 0. The molecule has 7 nitrogen and oxygen atoms in total. The quantitative estimate of drug-likeness (QED) is 0.649. The highest BCUT2D eigenvalue weighted by molar-refractivity contribution is 5.95. The zero-order valence-corrected chi connectivity index (χ0v) is 15.2. The Morgan fingerprint density at radius 1 is 1.14 bits per heavy atom. The molecule has 0 saturated heterocycles. The molecule has 28 heavy (non-hydrogen) atoms. The van der Waals surface area contributed by atoms with Crippen molar-refractivity contribution in [3.05, 3.63) is 66.4 Å². The first-order valence-electron chi connectivity index (χ1n) is 8.83. The Balaban J connectivity index is 1.42. The molecule has 0 N–H and O–H groups in total. The molecular formula is C21H18N2O5. The second-order valence-electron chi connectivity index (χ2n) is 6.36. The van der Waals surface area contributed by atoms with Crippen molar-refractivity contribution < 1.29 is 23.6 Å². The summed E-state index contributed by atoms with van der Waals surface area (Å²) in [7, 11) is 0. The summed E-state index contributed by atoms with van der Waals surface area (Å²) in [5.74, 6) is 0.332. The minimum atomic E-state index is -0.903. The van der Waals surface area contributed by atoms with Crippen LogP contribution in [0.4, 0.5) is 5.69 Å². The molecule has 0 bridgehead atoms. The SMILES string of the molecule is CC(=O)N1CC(C(=O)OCc2cc(-c3ccccc3)on2)Oc2ccccc21. The van der Waals surface area contributed by atoms with E-state index in [4.69, 9.17) is 14.0 Å². The van der Waals surface area contributed by atoms with Gasteiger partial charge in [0.25, 0.3) is 0 Å². The predicted octanol–water partition coefficient (Wildman–Crippen LogP) is 3.20. The van der Waals surface area contributed by atoms with Crippen LogP contribution in [-0.4, -0.2) is 29.7 Å². The van der Waals surface area contributed by atoms with Crippen molar-refractivity contribution in [2.75, 3.05) is 11.4 Å². The van der Waals surface area contributed by atoms with Gasteiger partial charge in [0.05, 0.1) is 12.2 Å². The fourth-order valence-electron chi connectivity index (χ4n) is 3.01. The number of carbonyl (C=O) groups is 2. The van der Waals surface area contributed by atoms with Crippen LogP contribution in [0, 0.1) is 0 Å². The smallest absolute Gasteiger partial charge is 0.349 e. The number of aromatic nitrogens is 1. The molecule has 1 atom stereocenters. The maximum Gasteiger partial charge on any atom is 0.349 e. The molecule has 2 heterocycles. The van der Waals surface area contributed by atoms with E-state index < -0.39 is 12.1 Å². The summed E-state index contributed by atoms with van der Waals surface area (Å²) in [4.78, 5) is 25.9. The molecule has 0 spiro atoms. The minimum absolute atomic E-state index is 0.0449. The lowest BCUT2D eigenvalue weighted by molar-refractivity contribution is -0.153. The van der Waals surface area contributed by atoms with Gasteiger partial charge >= 0.3 is 5.97 Å². The van der Waals surface area contributed by atoms with Gasteiger partial charge in [0.15, 0.2) is 5.76 Å². The lowest BCUT2D eigenvalue weighted by Crippen LogP contribution is -2.47. The second-order valence-corrected chi connectivity index (χ2v) is 6.36. The number of carbonyl (C=O) groups excluding carboxylic acids is 2. The van der Waals surface area contributed by atoms with Crippen LogP contribution in [0.2, 0.25) is 0 Å². The third-order valence-electron chi connectivity index (χ3n) is 4.40. The highest BCUT2D eigenvalue weighted by Gasteiger charge is 2.33. The van der Waals surface area contributed by atoms with Gasteiger partial charge in [-0.15, -0.1) is 0 Å². The van der Waals surface area contributed by atoms with Crippen LogP contribution in [0.1, 0.15) is 12.6 Å². The molecule has 0 fully saturated rings. The molecule has 2 aromatic carbocycles. The highest BCUT2D eigenvalue weighted by Crippen LogP contribution is 2.33. The largest absolute Gasteiger partial charge is 0.475 e. The first kappa shape index (κ1) is 17.8. The lowest BCUT2D eigenvalue weighted by atomic mass is 10.1. The number of rotatable bonds is 4. The van der Waals surface area contributed by atoms with Gasteiger partial charge in [-0.05, 0) is 12.1 Å². The molecule has 0 saturated carbocycles. The van der Waals surface area contributed by atoms with E-state index in [1.165, 1.54) is 11.8 Å². The second kappa shape index (κ2) is 7.56.